The maximum Gasteiger partial charge on any atom is 0.0620 e. The fourth-order valence-corrected chi connectivity index (χ4v) is 8.02. The highest BCUT2D eigenvalue weighted by Crippen LogP contribution is 2.52. The summed E-state index contributed by atoms with van der Waals surface area (Å²) < 4.78 is 0. The lowest BCUT2D eigenvalue weighted by Gasteiger charge is -2.34. The molecule has 298 valence electrons. The normalized spacial score (nSPS) is 12.7. The summed E-state index contributed by atoms with van der Waals surface area (Å²) >= 11 is 0. The van der Waals surface area contributed by atoms with E-state index >= 15 is 0 Å². The minimum atomic E-state index is -0.0564. The molecule has 2 heteroatoms. The molecule has 0 bridgehead atoms. The van der Waals surface area contributed by atoms with Crippen molar-refractivity contribution in [2.24, 2.45) is 0 Å². The Morgan fingerprint density at radius 1 is 0.276 bits per heavy atom. The van der Waals surface area contributed by atoms with Crippen molar-refractivity contribution < 1.29 is 0 Å². The molecule has 0 heterocycles. The van der Waals surface area contributed by atoms with Crippen LogP contribution >= 0.6 is 0 Å². The van der Waals surface area contributed by atoms with Crippen LogP contribution < -0.4 is 9.80 Å². The van der Waals surface area contributed by atoms with E-state index in [4.69, 9.17) is 0 Å². The number of rotatable bonds is 6. The highest BCUT2D eigenvalue weighted by molar-refractivity contribution is 6.23. The minimum Gasteiger partial charge on any atom is -0.309 e. The van der Waals surface area contributed by atoms with Gasteiger partial charge in [-0.15, -0.1) is 0 Å². The maximum atomic E-state index is 2.51. The third-order valence-corrected chi connectivity index (χ3v) is 11.8. The van der Waals surface area contributed by atoms with E-state index in [-0.39, 0.29) is 21.7 Å². The number of benzene rings is 7. The SMILES string of the molecule is Cc1ccc(N(c2ccc(C(C)(C)C)cc2)c2c3ccc(C(C)(C)C)cc3c(N(c3ccc(C)cc3)c3ccc(C(C)(C)C)cc3)c3ccc(C(C)(C)C)cc23)cc1. The van der Waals surface area contributed by atoms with Crippen LogP contribution in [0.25, 0.3) is 21.5 Å². The number of hydrogen-bond donors (Lipinski definition) is 0. The molecule has 0 atom stereocenters. The zero-order valence-corrected chi connectivity index (χ0v) is 37.6. The Hall–Kier alpha value is -5.34. The van der Waals surface area contributed by atoms with E-state index in [0.717, 1.165) is 22.7 Å². The van der Waals surface area contributed by atoms with Crippen molar-refractivity contribution in [3.8, 4) is 0 Å². The van der Waals surface area contributed by atoms with Gasteiger partial charge in [-0.2, -0.15) is 0 Å². The zero-order chi connectivity index (χ0) is 41.9. The lowest BCUT2D eigenvalue weighted by molar-refractivity contribution is 0.590. The van der Waals surface area contributed by atoms with E-state index in [0.29, 0.717) is 0 Å². The third kappa shape index (κ3) is 8.04. The quantitative estimate of drug-likeness (QED) is 0.123. The van der Waals surface area contributed by atoms with Crippen molar-refractivity contribution in [3.63, 3.8) is 0 Å². The van der Waals surface area contributed by atoms with Crippen LogP contribution in [0.3, 0.4) is 0 Å². The molecule has 0 aliphatic rings. The Morgan fingerprint density at radius 3 is 0.776 bits per heavy atom. The van der Waals surface area contributed by atoms with Crippen molar-refractivity contribution in [2.45, 2.75) is 119 Å². The second kappa shape index (κ2) is 14.8. The summed E-state index contributed by atoms with van der Waals surface area (Å²) in [6.07, 6.45) is 0. The van der Waals surface area contributed by atoms with Gasteiger partial charge in [0.1, 0.15) is 0 Å². The van der Waals surface area contributed by atoms with E-state index in [1.54, 1.807) is 0 Å². The van der Waals surface area contributed by atoms with Gasteiger partial charge in [0.15, 0.2) is 0 Å². The van der Waals surface area contributed by atoms with Crippen LogP contribution in [0.2, 0.25) is 0 Å². The van der Waals surface area contributed by atoms with E-state index < -0.39 is 0 Å². The molecule has 0 N–H and O–H groups in total. The molecular formula is C56H64N2. The van der Waals surface area contributed by atoms with Gasteiger partial charge in [-0.1, -0.05) is 167 Å². The average molecular weight is 765 g/mol. The average Bonchev–Trinajstić information content (AvgIpc) is 3.15. The second-order valence-corrected chi connectivity index (χ2v) is 20.7. The minimum absolute atomic E-state index is 0.0454. The van der Waals surface area contributed by atoms with Crippen molar-refractivity contribution in [1.82, 2.24) is 0 Å². The van der Waals surface area contributed by atoms with Crippen LogP contribution in [0.5, 0.6) is 0 Å². The van der Waals surface area contributed by atoms with Crippen molar-refractivity contribution in [1.29, 1.82) is 0 Å². The van der Waals surface area contributed by atoms with E-state index in [1.807, 2.05) is 0 Å². The van der Waals surface area contributed by atoms with Crippen molar-refractivity contribution in [3.05, 3.63) is 167 Å². The van der Waals surface area contributed by atoms with Gasteiger partial charge in [-0.25, -0.2) is 0 Å². The number of hydrogen-bond acceptors (Lipinski definition) is 2. The summed E-state index contributed by atoms with van der Waals surface area (Å²) in [7, 11) is 0. The number of aryl methyl sites for hydroxylation is 2. The van der Waals surface area contributed by atoms with Crippen LogP contribution in [0, 0.1) is 13.8 Å². The van der Waals surface area contributed by atoms with Crippen molar-refractivity contribution >= 4 is 55.7 Å². The Morgan fingerprint density at radius 2 is 0.517 bits per heavy atom. The molecule has 0 aliphatic carbocycles. The Labute approximate surface area is 349 Å². The number of fused-ring (bicyclic) bond motifs is 2. The molecule has 7 aromatic carbocycles. The molecule has 0 saturated heterocycles. The van der Waals surface area contributed by atoms with Gasteiger partial charge in [0.2, 0.25) is 0 Å². The fraction of sp³-hybridized carbons (Fsp3) is 0.321. The van der Waals surface area contributed by atoms with Crippen LogP contribution in [-0.4, -0.2) is 0 Å². The zero-order valence-electron chi connectivity index (χ0n) is 37.6. The lowest BCUT2D eigenvalue weighted by atomic mass is 9.82. The van der Waals surface area contributed by atoms with E-state index in [9.17, 15) is 0 Å². The van der Waals surface area contributed by atoms with E-state index in [1.165, 1.54) is 66.3 Å². The lowest BCUT2D eigenvalue weighted by Crippen LogP contribution is -2.17. The molecule has 0 aromatic heterocycles. The molecule has 58 heavy (non-hydrogen) atoms. The molecule has 0 fully saturated rings. The van der Waals surface area contributed by atoms with Gasteiger partial charge in [-0.05, 0) is 118 Å². The molecule has 0 radical (unpaired) electrons. The van der Waals surface area contributed by atoms with Crippen LogP contribution in [-0.2, 0) is 21.7 Å². The summed E-state index contributed by atoms with van der Waals surface area (Å²) in [6, 6.07) is 51.1. The number of nitrogens with zero attached hydrogens (tertiary/aromatic N) is 2. The molecule has 2 nitrogen and oxygen atoms in total. The summed E-state index contributed by atoms with van der Waals surface area (Å²) in [4.78, 5) is 5.02. The third-order valence-electron chi connectivity index (χ3n) is 11.8. The molecular weight excluding hydrogens is 701 g/mol. The van der Waals surface area contributed by atoms with Gasteiger partial charge in [0, 0.05) is 44.3 Å². The van der Waals surface area contributed by atoms with Gasteiger partial charge >= 0.3 is 0 Å². The first-order valence-corrected chi connectivity index (χ1v) is 21.1. The molecule has 0 amide bonds. The monoisotopic (exact) mass is 765 g/mol. The maximum absolute atomic E-state index is 2.51. The summed E-state index contributed by atoms with van der Waals surface area (Å²) in [5.74, 6) is 0. The molecule has 7 aromatic rings. The molecule has 0 spiro atoms. The summed E-state index contributed by atoms with van der Waals surface area (Å²) in [5.41, 5.74) is 14.7. The Balaban J connectivity index is 1.68. The van der Waals surface area contributed by atoms with Gasteiger partial charge in [-0.3, -0.25) is 0 Å². The largest absolute Gasteiger partial charge is 0.309 e. The summed E-state index contributed by atoms with van der Waals surface area (Å²) in [6.45, 7) is 32.0. The first-order valence-electron chi connectivity index (χ1n) is 21.1. The molecule has 0 aliphatic heterocycles. The van der Waals surface area contributed by atoms with Crippen LogP contribution in [0.4, 0.5) is 34.1 Å². The highest BCUT2D eigenvalue weighted by atomic mass is 15.2. The Kier molecular flexibility index (Phi) is 10.4. The van der Waals surface area contributed by atoms with Gasteiger partial charge in [0.25, 0.3) is 0 Å². The molecule has 0 unspecified atom stereocenters. The predicted octanol–water partition coefficient (Wildman–Crippen LogP) is 16.7. The molecule has 0 saturated carbocycles. The standard InChI is InChI=1S/C56H64N2/c1-37-15-25-43(26-16-37)57(45-29-19-39(20-30-45)53(3,4)5)51-47-33-23-42(56(12,13)14)36-50(47)52(48-34-24-41(35-49(48)51)55(9,10)11)58(44-27-17-38(2)18-28-44)46-31-21-40(22-32-46)54(6,7)8/h15-36H,1-14H3. The summed E-state index contributed by atoms with van der Waals surface area (Å²) in [5, 5.41) is 4.88. The van der Waals surface area contributed by atoms with Crippen LogP contribution in [0.15, 0.2) is 133 Å². The van der Waals surface area contributed by atoms with Crippen molar-refractivity contribution in [2.75, 3.05) is 9.80 Å². The van der Waals surface area contributed by atoms with Crippen LogP contribution in [0.1, 0.15) is 116 Å². The Bertz CT molecular complexity index is 2380. The highest BCUT2D eigenvalue weighted by Gasteiger charge is 2.29. The van der Waals surface area contributed by atoms with E-state index in [2.05, 4.69) is 240 Å². The first kappa shape index (κ1) is 40.8. The topological polar surface area (TPSA) is 6.48 Å². The first-order chi connectivity index (χ1) is 27.1. The molecule has 7 rings (SSSR count). The van der Waals surface area contributed by atoms with Gasteiger partial charge in [0.05, 0.1) is 11.4 Å². The smallest absolute Gasteiger partial charge is 0.0620 e. The predicted molar refractivity (Wildman–Crippen MR) is 255 cm³/mol. The second-order valence-electron chi connectivity index (χ2n) is 20.7. The van der Waals surface area contributed by atoms with Gasteiger partial charge < -0.3 is 9.80 Å². The fourth-order valence-electron chi connectivity index (χ4n) is 8.02. The number of anilines is 6.